The second-order valence-electron chi connectivity index (χ2n) is 4.46. The van der Waals surface area contributed by atoms with Gasteiger partial charge in [-0.25, -0.2) is 0 Å². The first-order chi connectivity index (χ1) is 8.15. The Morgan fingerprint density at radius 2 is 2.11 bits per heavy atom. The summed E-state index contributed by atoms with van der Waals surface area (Å²) in [5, 5.41) is 3.00. The lowest BCUT2D eigenvalue weighted by Crippen LogP contribution is -2.39. The molecule has 5 heteroatoms. The Bertz CT molecular complexity index is 394. The highest BCUT2D eigenvalue weighted by Gasteiger charge is 2.25. The molecule has 1 aliphatic heterocycles. The van der Waals surface area contributed by atoms with Gasteiger partial charge in [0.15, 0.2) is 0 Å². The van der Waals surface area contributed by atoms with Crippen LogP contribution in [0.2, 0.25) is 0 Å². The van der Waals surface area contributed by atoms with E-state index in [4.69, 9.17) is 10.5 Å². The lowest BCUT2D eigenvalue weighted by Gasteiger charge is -2.15. The molecule has 2 rings (SSSR count). The van der Waals surface area contributed by atoms with Crippen LogP contribution in [0.4, 0.5) is 5.69 Å². The van der Waals surface area contributed by atoms with E-state index >= 15 is 0 Å². The summed E-state index contributed by atoms with van der Waals surface area (Å²) in [7, 11) is 0. The molecule has 1 saturated heterocycles. The molecule has 0 aliphatic carbocycles. The van der Waals surface area contributed by atoms with Crippen molar-refractivity contribution < 1.29 is 9.53 Å². The Labute approximate surface area is 113 Å². The zero-order valence-electron chi connectivity index (χ0n) is 10.4. The van der Waals surface area contributed by atoms with Crippen molar-refractivity contribution in [1.29, 1.82) is 0 Å². The van der Waals surface area contributed by atoms with Crippen LogP contribution >= 0.6 is 12.4 Å². The van der Waals surface area contributed by atoms with E-state index < -0.39 is 0 Å². The number of amides is 1. The van der Waals surface area contributed by atoms with Crippen LogP contribution in [0.15, 0.2) is 24.3 Å². The molecule has 2 atom stereocenters. The van der Waals surface area contributed by atoms with Crippen molar-refractivity contribution in [2.75, 3.05) is 12.3 Å². The molecule has 1 fully saturated rings. The molecule has 1 aromatic rings. The third-order valence-corrected chi connectivity index (χ3v) is 3.07. The molecule has 2 unspecified atom stereocenters. The summed E-state index contributed by atoms with van der Waals surface area (Å²) in [6, 6.07) is 7.53. The van der Waals surface area contributed by atoms with Crippen molar-refractivity contribution in [3.63, 3.8) is 0 Å². The summed E-state index contributed by atoms with van der Waals surface area (Å²) in [6.45, 7) is 2.72. The van der Waals surface area contributed by atoms with E-state index in [-0.39, 0.29) is 30.5 Å². The maximum absolute atomic E-state index is 11.8. The van der Waals surface area contributed by atoms with Crippen molar-refractivity contribution in [3.05, 3.63) is 29.8 Å². The summed E-state index contributed by atoms with van der Waals surface area (Å²) in [4.78, 5) is 11.8. The third kappa shape index (κ3) is 3.89. The van der Waals surface area contributed by atoms with Crippen LogP contribution in [0, 0.1) is 0 Å². The number of nitrogens with one attached hydrogen (secondary N) is 1. The van der Waals surface area contributed by atoms with E-state index in [0.29, 0.717) is 12.1 Å². The topological polar surface area (TPSA) is 64.3 Å². The van der Waals surface area contributed by atoms with Gasteiger partial charge in [-0.05, 0) is 31.0 Å². The molecule has 3 N–H and O–H groups in total. The van der Waals surface area contributed by atoms with Gasteiger partial charge in [0.25, 0.3) is 0 Å². The molecule has 0 aromatic heterocycles. The van der Waals surface area contributed by atoms with Crippen LogP contribution in [0.25, 0.3) is 0 Å². The van der Waals surface area contributed by atoms with Gasteiger partial charge in [-0.15, -0.1) is 12.4 Å². The van der Waals surface area contributed by atoms with Gasteiger partial charge in [0.05, 0.1) is 18.6 Å². The number of nitrogens with two attached hydrogens (primary N) is 1. The summed E-state index contributed by atoms with van der Waals surface area (Å²) in [6.07, 6.45) is 1.41. The summed E-state index contributed by atoms with van der Waals surface area (Å²) >= 11 is 0. The molecule has 0 spiro atoms. The minimum atomic E-state index is 0. The zero-order chi connectivity index (χ0) is 12.3. The monoisotopic (exact) mass is 270 g/mol. The SMILES string of the molecule is CC1OCCC1NC(=O)Cc1ccc(N)cc1.Cl. The smallest absolute Gasteiger partial charge is 0.224 e. The molecule has 4 nitrogen and oxygen atoms in total. The second-order valence-corrected chi connectivity index (χ2v) is 4.46. The molecular weight excluding hydrogens is 252 g/mol. The Balaban J connectivity index is 0.00000162. The van der Waals surface area contributed by atoms with E-state index in [0.717, 1.165) is 18.6 Å². The number of carbonyl (C=O) groups excluding carboxylic acids is 1. The Kier molecular flexibility index (Phi) is 5.44. The molecule has 1 aromatic carbocycles. The molecule has 1 heterocycles. The molecule has 100 valence electrons. The third-order valence-electron chi connectivity index (χ3n) is 3.07. The first-order valence-electron chi connectivity index (χ1n) is 5.90. The Morgan fingerprint density at radius 3 is 2.67 bits per heavy atom. The van der Waals surface area contributed by atoms with Crippen molar-refractivity contribution in [3.8, 4) is 0 Å². The summed E-state index contributed by atoms with van der Waals surface area (Å²) in [5.41, 5.74) is 7.28. The fraction of sp³-hybridized carbons (Fsp3) is 0.462. The number of ether oxygens (including phenoxy) is 1. The fourth-order valence-corrected chi connectivity index (χ4v) is 2.00. The quantitative estimate of drug-likeness (QED) is 0.819. The van der Waals surface area contributed by atoms with Crippen molar-refractivity contribution >= 4 is 24.0 Å². The number of halogens is 1. The van der Waals surface area contributed by atoms with Crippen LogP contribution in [0.1, 0.15) is 18.9 Å². The standard InChI is InChI=1S/C13H18N2O2.ClH/c1-9-12(6-7-17-9)15-13(16)8-10-2-4-11(14)5-3-10;/h2-5,9,12H,6-8,14H2,1H3,(H,15,16);1H. The lowest BCUT2D eigenvalue weighted by molar-refractivity contribution is -0.121. The van der Waals surface area contributed by atoms with Crippen LogP contribution in [0.3, 0.4) is 0 Å². The highest BCUT2D eigenvalue weighted by molar-refractivity contribution is 5.85. The highest BCUT2D eigenvalue weighted by Crippen LogP contribution is 2.13. The first kappa shape index (κ1) is 14.8. The number of benzene rings is 1. The van der Waals surface area contributed by atoms with E-state index in [1.54, 1.807) is 0 Å². The van der Waals surface area contributed by atoms with Gasteiger partial charge in [-0.1, -0.05) is 12.1 Å². The van der Waals surface area contributed by atoms with E-state index in [1.807, 2.05) is 31.2 Å². The average molecular weight is 271 g/mol. The molecule has 1 amide bonds. The second kappa shape index (κ2) is 6.61. The lowest BCUT2D eigenvalue weighted by atomic mass is 10.1. The van der Waals surface area contributed by atoms with Crippen molar-refractivity contribution in [2.24, 2.45) is 0 Å². The molecular formula is C13H19ClN2O2. The summed E-state index contributed by atoms with van der Waals surface area (Å²) < 4.78 is 5.40. The van der Waals surface area contributed by atoms with Crippen molar-refractivity contribution in [1.82, 2.24) is 5.32 Å². The van der Waals surface area contributed by atoms with Crippen LogP contribution in [-0.2, 0) is 16.0 Å². The minimum absolute atomic E-state index is 0. The predicted octanol–water partition coefficient (Wildman–Crippen LogP) is 1.53. The Morgan fingerprint density at radius 1 is 1.44 bits per heavy atom. The highest BCUT2D eigenvalue weighted by atomic mass is 35.5. The van der Waals surface area contributed by atoms with Gasteiger partial charge in [0, 0.05) is 12.3 Å². The normalized spacial score (nSPS) is 22.3. The zero-order valence-corrected chi connectivity index (χ0v) is 11.2. The predicted molar refractivity (Wildman–Crippen MR) is 73.8 cm³/mol. The van der Waals surface area contributed by atoms with E-state index in [1.165, 1.54) is 0 Å². The van der Waals surface area contributed by atoms with Gasteiger partial charge in [-0.2, -0.15) is 0 Å². The van der Waals surface area contributed by atoms with Gasteiger partial charge in [0.2, 0.25) is 5.91 Å². The molecule has 0 radical (unpaired) electrons. The number of nitrogen functional groups attached to an aromatic ring is 1. The number of carbonyl (C=O) groups is 1. The fourth-order valence-electron chi connectivity index (χ4n) is 2.00. The number of hydrogen-bond donors (Lipinski definition) is 2. The van der Waals surface area contributed by atoms with Crippen molar-refractivity contribution in [2.45, 2.75) is 31.9 Å². The van der Waals surface area contributed by atoms with Crippen LogP contribution in [-0.4, -0.2) is 24.7 Å². The largest absolute Gasteiger partial charge is 0.399 e. The maximum Gasteiger partial charge on any atom is 0.224 e. The minimum Gasteiger partial charge on any atom is -0.399 e. The first-order valence-corrected chi connectivity index (χ1v) is 5.90. The summed E-state index contributed by atoms with van der Waals surface area (Å²) in [5.74, 6) is 0.0390. The average Bonchev–Trinajstić information content (AvgIpc) is 2.68. The van der Waals surface area contributed by atoms with Crippen LogP contribution in [0.5, 0.6) is 0 Å². The molecule has 0 bridgehead atoms. The van der Waals surface area contributed by atoms with Gasteiger partial charge < -0.3 is 15.8 Å². The number of hydrogen-bond acceptors (Lipinski definition) is 3. The molecule has 0 saturated carbocycles. The molecule has 18 heavy (non-hydrogen) atoms. The maximum atomic E-state index is 11.8. The Hall–Kier alpha value is -1.26. The van der Waals surface area contributed by atoms with E-state index in [2.05, 4.69) is 5.32 Å². The van der Waals surface area contributed by atoms with Gasteiger partial charge in [0.1, 0.15) is 0 Å². The van der Waals surface area contributed by atoms with Gasteiger partial charge in [-0.3, -0.25) is 4.79 Å². The van der Waals surface area contributed by atoms with E-state index in [9.17, 15) is 4.79 Å². The molecule has 1 aliphatic rings. The van der Waals surface area contributed by atoms with Gasteiger partial charge >= 0.3 is 0 Å². The number of rotatable bonds is 3. The number of anilines is 1. The van der Waals surface area contributed by atoms with Crippen LogP contribution < -0.4 is 11.1 Å².